The summed E-state index contributed by atoms with van der Waals surface area (Å²) in [6.07, 6.45) is 0. The van der Waals surface area contributed by atoms with Crippen LogP contribution < -0.4 is 0 Å². The predicted octanol–water partition coefficient (Wildman–Crippen LogP) is 13.6. The molecule has 0 amide bonds. The van der Waals surface area contributed by atoms with E-state index in [0.717, 1.165) is 50.7 Å². The second kappa shape index (κ2) is 13.3. The van der Waals surface area contributed by atoms with Gasteiger partial charge in [0.2, 0.25) is 0 Å². The first-order valence-corrected chi connectivity index (χ1v) is 20.0. The van der Waals surface area contributed by atoms with Crippen LogP contribution in [-0.2, 0) is 0 Å². The topological polar surface area (TPSA) is 40.0 Å². The predicted molar refractivity (Wildman–Crippen MR) is 243 cm³/mol. The molecule has 0 aliphatic heterocycles. The summed E-state index contributed by atoms with van der Waals surface area (Å²) in [5.41, 5.74) is 16.3. The molecule has 0 radical (unpaired) electrons. The molecule has 0 spiro atoms. The van der Waals surface area contributed by atoms with Crippen LogP contribution in [-0.4, -0.2) is 23.5 Å². The molecule has 8 aromatic carbocycles. The van der Waals surface area contributed by atoms with Crippen LogP contribution in [0.2, 0.25) is 0 Å². The molecule has 12 aromatic rings. The van der Waals surface area contributed by atoms with E-state index in [0.29, 0.717) is 5.82 Å². The zero-order chi connectivity index (χ0) is 38.9. The summed E-state index contributed by atoms with van der Waals surface area (Å²) >= 11 is 0. The fraction of sp³-hybridized carbons (Fsp3) is 0. The Balaban J connectivity index is 1.02. The Morgan fingerprint density at radius 3 is 1.51 bits per heavy atom. The summed E-state index contributed by atoms with van der Waals surface area (Å²) in [5.74, 6) is 0.692. The molecule has 0 unspecified atom stereocenters. The highest BCUT2D eigenvalue weighted by Gasteiger charge is 2.22. The average Bonchev–Trinajstić information content (AvgIpc) is 3.95. The minimum absolute atomic E-state index is 0.692. The van der Waals surface area contributed by atoms with Gasteiger partial charge in [-0.25, -0.2) is 9.97 Å². The molecule has 276 valence electrons. The van der Waals surface area contributed by atoms with E-state index in [9.17, 15) is 0 Å². The maximum Gasteiger partial charge on any atom is 0.160 e. The number of rotatable bonds is 6. The Labute approximate surface area is 340 Å². The first-order chi connectivity index (χ1) is 29.3. The third-order valence-electron chi connectivity index (χ3n) is 11.6. The third kappa shape index (κ3) is 5.25. The molecule has 0 atom stereocenters. The average molecular weight is 754 g/mol. The molecule has 0 fully saturated rings. The number of nitrogens with zero attached hydrogens (tertiary/aromatic N) is 5. The lowest BCUT2D eigenvalue weighted by atomic mass is 10.0. The minimum Gasteiger partial charge on any atom is -0.309 e. The van der Waals surface area contributed by atoms with Gasteiger partial charge in [-0.2, -0.15) is 0 Å². The van der Waals surface area contributed by atoms with Gasteiger partial charge in [0.1, 0.15) is 5.65 Å². The van der Waals surface area contributed by atoms with Crippen molar-refractivity contribution in [3.63, 3.8) is 0 Å². The van der Waals surface area contributed by atoms with Gasteiger partial charge in [-0.05, 0) is 66.2 Å². The summed E-state index contributed by atoms with van der Waals surface area (Å²) in [6, 6.07) is 75.4. The summed E-state index contributed by atoms with van der Waals surface area (Å²) in [5, 5.41) is 3.69. The van der Waals surface area contributed by atoms with E-state index in [1.165, 1.54) is 49.3 Å². The van der Waals surface area contributed by atoms with E-state index < -0.39 is 0 Å². The number of hydrogen-bond donors (Lipinski definition) is 0. The number of para-hydroxylation sites is 6. The van der Waals surface area contributed by atoms with E-state index >= 15 is 0 Å². The lowest BCUT2D eigenvalue weighted by Gasteiger charge is -2.13. The van der Waals surface area contributed by atoms with Crippen molar-refractivity contribution in [2.45, 2.75) is 0 Å². The van der Waals surface area contributed by atoms with Crippen LogP contribution in [0, 0.1) is 0 Å². The highest BCUT2D eigenvalue weighted by Crippen LogP contribution is 2.41. The SMILES string of the molecule is c1ccc(-c2nc(-c3ccc(-c4c5ccccc5n5c6ccccc6n(-c6ccccc6)c45)cc3)cc(-c3cccc(-n4c5ccccc5c5ccccc54)c3)n2)cc1. The molecular formula is C54H35N5. The van der Waals surface area contributed by atoms with E-state index in [2.05, 4.69) is 208 Å². The molecule has 59 heavy (non-hydrogen) atoms. The van der Waals surface area contributed by atoms with Crippen LogP contribution in [0.15, 0.2) is 212 Å². The van der Waals surface area contributed by atoms with Gasteiger partial charge in [-0.1, -0.05) is 152 Å². The Bertz CT molecular complexity index is 3480. The zero-order valence-corrected chi connectivity index (χ0v) is 31.9. The number of hydrogen-bond acceptors (Lipinski definition) is 2. The summed E-state index contributed by atoms with van der Waals surface area (Å²) < 4.78 is 7.17. The summed E-state index contributed by atoms with van der Waals surface area (Å²) in [7, 11) is 0. The maximum absolute atomic E-state index is 5.21. The van der Waals surface area contributed by atoms with Gasteiger partial charge in [0.15, 0.2) is 5.82 Å². The number of imidazole rings is 1. The standard InChI is InChI=1S/C54H35N5/c1-3-16-38(17-4-1)53-55-45(35-46(56-53)39-18-15-21-41(34-39)57-47-25-10-7-22-42(47)43-23-8-11-26-48(43)57)36-30-32-37(33-31-36)52-44-24-9-12-27-49(44)59-51-29-14-13-28-50(51)58(54(52)59)40-19-5-2-6-20-40/h1-35H. The van der Waals surface area contributed by atoms with Crippen molar-refractivity contribution in [2.75, 3.05) is 0 Å². The van der Waals surface area contributed by atoms with Crippen molar-refractivity contribution < 1.29 is 0 Å². The van der Waals surface area contributed by atoms with Crippen molar-refractivity contribution >= 4 is 49.4 Å². The number of aromatic nitrogens is 5. The molecular weight excluding hydrogens is 719 g/mol. The van der Waals surface area contributed by atoms with Crippen LogP contribution in [0.3, 0.4) is 0 Å². The maximum atomic E-state index is 5.21. The van der Waals surface area contributed by atoms with Crippen LogP contribution in [0.4, 0.5) is 0 Å². The van der Waals surface area contributed by atoms with Crippen molar-refractivity contribution in [3.8, 4) is 56.4 Å². The van der Waals surface area contributed by atoms with E-state index in [1.54, 1.807) is 0 Å². The molecule has 0 saturated carbocycles. The monoisotopic (exact) mass is 753 g/mol. The van der Waals surface area contributed by atoms with Crippen LogP contribution in [0.1, 0.15) is 0 Å². The number of benzene rings is 8. The summed E-state index contributed by atoms with van der Waals surface area (Å²) in [6.45, 7) is 0. The van der Waals surface area contributed by atoms with E-state index in [4.69, 9.17) is 9.97 Å². The lowest BCUT2D eigenvalue weighted by Crippen LogP contribution is -1.98. The van der Waals surface area contributed by atoms with Crippen LogP contribution in [0.25, 0.3) is 106 Å². The van der Waals surface area contributed by atoms with Crippen LogP contribution in [0.5, 0.6) is 0 Å². The lowest BCUT2D eigenvalue weighted by molar-refractivity contribution is 1.15. The molecule has 0 saturated heterocycles. The molecule has 4 aromatic heterocycles. The largest absolute Gasteiger partial charge is 0.309 e. The summed E-state index contributed by atoms with van der Waals surface area (Å²) in [4.78, 5) is 10.4. The Morgan fingerprint density at radius 1 is 0.305 bits per heavy atom. The molecule has 12 rings (SSSR count). The minimum atomic E-state index is 0.692. The quantitative estimate of drug-likeness (QED) is 0.170. The smallest absolute Gasteiger partial charge is 0.160 e. The van der Waals surface area contributed by atoms with Gasteiger partial charge in [0.05, 0.1) is 39.0 Å². The van der Waals surface area contributed by atoms with Gasteiger partial charge < -0.3 is 4.57 Å². The fourth-order valence-electron chi connectivity index (χ4n) is 9.03. The normalized spacial score (nSPS) is 11.7. The van der Waals surface area contributed by atoms with Gasteiger partial charge >= 0.3 is 0 Å². The highest BCUT2D eigenvalue weighted by atomic mass is 15.1. The first-order valence-electron chi connectivity index (χ1n) is 20.0. The van der Waals surface area contributed by atoms with Crippen molar-refractivity contribution in [1.82, 2.24) is 23.5 Å². The van der Waals surface area contributed by atoms with Gasteiger partial charge in [-0.3, -0.25) is 8.97 Å². The Hall–Kier alpha value is -8.02. The van der Waals surface area contributed by atoms with Gasteiger partial charge in [-0.15, -0.1) is 0 Å². The zero-order valence-electron chi connectivity index (χ0n) is 31.9. The van der Waals surface area contributed by atoms with Crippen molar-refractivity contribution in [1.29, 1.82) is 0 Å². The Morgan fingerprint density at radius 2 is 0.814 bits per heavy atom. The molecule has 0 aliphatic carbocycles. The molecule has 5 nitrogen and oxygen atoms in total. The first kappa shape index (κ1) is 33.2. The highest BCUT2D eigenvalue weighted by molar-refractivity contribution is 6.10. The van der Waals surface area contributed by atoms with E-state index in [-0.39, 0.29) is 0 Å². The molecule has 0 N–H and O–H groups in total. The van der Waals surface area contributed by atoms with Gasteiger partial charge in [0, 0.05) is 49.8 Å². The van der Waals surface area contributed by atoms with E-state index in [1.807, 2.05) is 18.2 Å². The van der Waals surface area contributed by atoms with Crippen molar-refractivity contribution in [2.24, 2.45) is 0 Å². The molecule has 5 heteroatoms. The fourth-order valence-corrected chi connectivity index (χ4v) is 9.03. The molecule has 0 aliphatic rings. The van der Waals surface area contributed by atoms with Gasteiger partial charge in [0.25, 0.3) is 0 Å². The second-order valence-corrected chi connectivity index (χ2v) is 15.0. The Kier molecular flexibility index (Phi) is 7.47. The molecule has 4 heterocycles. The second-order valence-electron chi connectivity index (χ2n) is 15.0. The third-order valence-corrected chi connectivity index (χ3v) is 11.6. The van der Waals surface area contributed by atoms with Crippen LogP contribution >= 0.6 is 0 Å². The molecule has 0 bridgehead atoms. The van der Waals surface area contributed by atoms with Crippen molar-refractivity contribution in [3.05, 3.63) is 212 Å². The number of fused-ring (bicyclic) bond motifs is 8.